The van der Waals surface area contributed by atoms with Gasteiger partial charge < -0.3 is 24.5 Å². The van der Waals surface area contributed by atoms with Gasteiger partial charge in [0.15, 0.2) is 18.7 Å². The Hall–Kier alpha value is -1.89. The van der Waals surface area contributed by atoms with Crippen LogP contribution in [0.5, 0.6) is 0 Å². The minimum atomic E-state index is -5.94. The maximum Gasteiger partial charge on any atom is 1.00 e. The summed E-state index contributed by atoms with van der Waals surface area (Å²) < 4.78 is 46.9. The molecule has 4 N–H and O–H groups in total. The monoisotopic (exact) mass is 712 g/mol. The third-order valence-electron chi connectivity index (χ3n) is 4.97. The summed E-state index contributed by atoms with van der Waals surface area (Å²) in [7, 11) is 0. The molecule has 0 aromatic carbocycles. The maximum atomic E-state index is 11.5. The fourth-order valence-electron chi connectivity index (χ4n) is 3.12. The zero-order valence-electron chi connectivity index (χ0n) is 21.4. The van der Waals surface area contributed by atoms with Crippen LogP contribution in [0.25, 0.3) is 0 Å². The van der Waals surface area contributed by atoms with Crippen LogP contribution in [0.2, 0.25) is 0 Å². The minimum Gasteiger partial charge on any atom is -0.388 e. The Bertz CT molecular complexity index is 1300. The molecular weight excluding hydrogens is 682 g/mol. The number of H-pyrrole nitrogens is 2. The van der Waals surface area contributed by atoms with Crippen molar-refractivity contribution >= 4 is 12.6 Å². The normalized spacial score (nSPS) is 20.9. The molecule has 2 aromatic heterocycles. The van der Waals surface area contributed by atoms with Gasteiger partial charge in [-0.05, 0) is 12.8 Å². The Kier molecular flexibility index (Phi) is 19.4. The van der Waals surface area contributed by atoms with E-state index in [0.717, 1.165) is 27.5 Å². The molecule has 3 rings (SSSR count). The maximum absolute atomic E-state index is 11.5. The van der Waals surface area contributed by atoms with E-state index in [1.54, 1.807) is 13.8 Å². The van der Waals surface area contributed by atoms with Crippen LogP contribution in [0.3, 0.4) is 0 Å². The second-order valence-electron chi connectivity index (χ2n) is 7.61. The van der Waals surface area contributed by atoms with Gasteiger partial charge in [-0.25, -0.2) is 9.59 Å². The van der Waals surface area contributed by atoms with Crippen LogP contribution in [0, 0.1) is 0 Å². The van der Waals surface area contributed by atoms with Crippen molar-refractivity contribution in [3.8, 4) is 0 Å². The Morgan fingerprint density at radius 3 is 1.88 bits per heavy atom. The topological polar surface area (TPSA) is 295 Å². The number of nitrogens with zero attached hydrogens (tertiary/aromatic N) is 2. The van der Waals surface area contributed by atoms with Crippen molar-refractivity contribution in [1.29, 1.82) is 0 Å². The smallest absolute Gasteiger partial charge is 0.388 e. The number of carbonyl (C=O) groups is 2. The number of hydrogen-bond acceptors (Lipinski definition) is 14. The van der Waals surface area contributed by atoms with E-state index in [4.69, 9.17) is 23.2 Å². The van der Waals surface area contributed by atoms with E-state index in [1.165, 1.54) is 6.20 Å². The Morgan fingerprint density at radius 1 is 0.976 bits per heavy atom. The molecule has 41 heavy (non-hydrogen) atoms. The number of nitrogens with one attached hydrogen (secondary N) is 2. The predicted molar refractivity (Wildman–Crippen MR) is 122 cm³/mol. The van der Waals surface area contributed by atoms with Crippen molar-refractivity contribution < 1.29 is 92.7 Å². The van der Waals surface area contributed by atoms with Gasteiger partial charge >= 0.3 is 40.9 Å². The molecule has 0 unspecified atom stereocenters. The van der Waals surface area contributed by atoms with E-state index in [-0.39, 0.29) is 37.0 Å². The van der Waals surface area contributed by atoms with Gasteiger partial charge in [-0.15, -0.1) is 0 Å². The molecule has 2 aromatic rings. The van der Waals surface area contributed by atoms with Gasteiger partial charge in [0.05, 0.1) is 6.10 Å². The summed E-state index contributed by atoms with van der Waals surface area (Å²) in [4.78, 5) is 70.1. The number of aromatic amines is 2. The van der Waals surface area contributed by atoms with Gasteiger partial charge in [0.25, 0.3) is 11.1 Å². The summed E-state index contributed by atoms with van der Waals surface area (Å²) in [5.41, 5.74) is -2.54. The van der Waals surface area contributed by atoms with Crippen molar-refractivity contribution in [3.63, 3.8) is 0 Å². The standard InChI is InChI=1S/C10H14N2O5.C10H12N2O5.CH4.IO4.Na/c1-2-5-7(14)8(15)9(17-5)12-4-3-6(13)11-10(12)16;1-2-7(5-13)17-9(6-14)12-4-3-8(15)11-10(12)16;;2-1(3,4)5;/h3-5,7-9,14-15H,2H2,1H3,(H,11,13,16);3-7,9H,2H2,1H3,(H,11,15,16);1H4;;/q;;;-1;+1/t5-,7-,8-,9-;7-,9-;;;/m11.../s1. The molecule has 0 amide bonds. The molecule has 1 saturated heterocycles. The van der Waals surface area contributed by atoms with Crippen LogP contribution in [0.1, 0.15) is 46.6 Å². The SMILES string of the molecule is C.CC[C@H](C=O)O[C@H](C=O)n1ccc(=O)[nH]c1=O.CC[C@H]1O[C@@H](n2ccc(=O)[nH]c2=O)[C@H](O)[C@@H]1O.[Na+].[O-][I+3]([O-])([O-])[O-]. The number of aliphatic hydroxyl groups is 2. The molecule has 0 bridgehead atoms. The first kappa shape index (κ1) is 41.2. The number of ether oxygens (including phenoxy) is 2. The van der Waals surface area contributed by atoms with Crippen molar-refractivity contribution in [2.45, 2.75) is 71.0 Å². The molecular formula is C21H30IN4NaO14. The second-order valence-corrected chi connectivity index (χ2v) is 9.77. The Balaban J connectivity index is 0. The summed E-state index contributed by atoms with van der Waals surface area (Å²) in [6.45, 7) is 3.51. The molecule has 3 heterocycles. The zero-order chi connectivity index (χ0) is 29.9. The molecule has 226 valence electrons. The molecule has 0 radical (unpaired) electrons. The number of rotatable bonds is 8. The number of carbonyl (C=O) groups excluding carboxylic acids is 2. The fraction of sp³-hybridized carbons (Fsp3) is 0.524. The van der Waals surface area contributed by atoms with E-state index in [0.29, 0.717) is 25.4 Å². The molecule has 0 aliphatic carbocycles. The van der Waals surface area contributed by atoms with Gasteiger partial charge in [-0.2, -0.15) is 0 Å². The third-order valence-corrected chi connectivity index (χ3v) is 4.97. The molecule has 1 aliphatic heterocycles. The van der Waals surface area contributed by atoms with Gasteiger partial charge in [-0.3, -0.25) is 47.2 Å². The number of aromatic nitrogens is 4. The van der Waals surface area contributed by atoms with Crippen LogP contribution >= 0.6 is 0 Å². The van der Waals surface area contributed by atoms with Crippen LogP contribution < -0.4 is 85.9 Å². The third kappa shape index (κ3) is 13.8. The predicted octanol–water partition coefficient (Wildman–Crippen LogP) is -12.3. The van der Waals surface area contributed by atoms with Gasteiger partial charge in [-0.1, -0.05) is 21.3 Å². The average Bonchev–Trinajstić information content (AvgIpc) is 3.13. The van der Waals surface area contributed by atoms with E-state index < -0.39 is 79.5 Å². The molecule has 1 aliphatic rings. The summed E-state index contributed by atoms with van der Waals surface area (Å²) in [6.07, 6.45) is -1.52. The molecule has 0 saturated carbocycles. The summed E-state index contributed by atoms with van der Waals surface area (Å²) in [5.74, 6) is 0. The first-order chi connectivity index (χ1) is 18.2. The zero-order valence-corrected chi connectivity index (χ0v) is 25.6. The number of aldehydes is 2. The molecule has 20 heteroatoms. The Labute approximate surface area is 260 Å². The van der Waals surface area contributed by atoms with Crippen LogP contribution in [-0.4, -0.2) is 66.3 Å². The quantitative estimate of drug-likeness (QED) is 0.112. The summed E-state index contributed by atoms with van der Waals surface area (Å²) in [6, 6.07) is 2.24. The van der Waals surface area contributed by atoms with E-state index in [1.807, 2.05) is 4.98 Å². The van der Waals surface area contributed by atoms with Crippen molar-refractivity contribution in [3.05, 3.63) is 66.2 Å². The van der Waals surface area contributed by atoms with Gasteiger partial charge in [0, 0.05) is 24.5 Å². The summed E-state index contributed by atoms with van der Waals surface area (Å²) >= 11 is -5.94. The van der Waals surface area contributed by atoms with E-state index in [9.17, 15) is 39.0 Å². The van der Waals surface area contributed by atoms with E-state index >= 15 is 0 Å². The number of aliphatic hydroxyl groups excluding tert-OH is 2. The first-order valence-corrected chi connectivity index (χ1v) is 14.5. The summed E-state index contributed by atoms with van der Waals surface area (Å²) in [5, 5.41) is 19.5. The van der Waals surface area contributed by atoms with Crippen LogP contribution in [0.15, 0.2) is 43.7 Å². The van der Waals surface area contributed by atoms with Crippen molar-refractivity contribution in [1.82, 2.24) is 19.1 Å². The van der Waals surface area contributed by atoms with Gasteiger partial charge in [0.2, 0.25) is 0 Å². The number of hydrogen-bond donors (Lipinski definition) is 4. The first-order valence-electron chi connectivity index (χ1n) is 11.0. The van der Waals surface area contributed by atoms with Gasteiger partial charge in [0.1, 0.15) is 44.7 Å². The molecule has 6 atom stereocenters. The fourth-order valence-corrected chi connectivity index (χ4v) is 3.12. The second kappa shape index (κ2) is 19.3. The largest absolute Gasteiger partial charge is 1.00 e. The molecule has 0 spiro atoms. The average molecular weight is 712 g/mol. The Morgan fingerprint density at radius 2 is 1.49 bits per heavy atom. The van der Waals surface area contributed by atoms with Crippen molar-refractivity contribution in [2.24, 2.45) is 0 Å². The minimum absolute atomic E-state index is 0. The van der Waals surface area contributed by atoms with Crippen molar-refractivity contribution in [2.75, 3.05) is 0 Å². The van der Waals surface area contributed by atoms with Crippen LogP contribution in [0.4, 0.5) is 0 Å². The van der Waals surface area contributed by atoms with E-state index in [2.05, 4.69) is 4.98 Å². The number of halogens is 1. The molecule has 1 fully saturated rings. The molecule has 18 nitrogen and oxygen atoms in total. The van der Waals surface area contributed by atoms with Crippen LogP contribution in [-0.2, 0) is 19.1 Å².